The molecule has 0 saturated carbocycles. The second-order valence-electron chi connectivity index (χ2n) is 8.96. The van der Waals surface area contributed by atoms with E-state index in [1.807, 2.05) is 61.5 Å². The van der Waals surface area contributed by atoms with Crippen LogP contribution in [0.15, 0.2) is 65.7 Å². The van der Waals surface area contributed by atoms with Crippen LogP contribution >= 0.6 is 11.3 Å². The number of fused-ring (bicyclic) bond motifs is 1. The number of amides is 1. The number of anilines is 2. The number of carbonyl (C=O) groups excluding carboxylic acids is 1. The summed E-state index contributed by atoms with van der Waals surface area (Å²) in [4.78, 5) is 36.9. The molecular formula is C27H29N5O2S. The highest BCUT2D eigenvalue weighted by molar-refractivity contribution is 7.19. The predicted molar refractivity (Wildman–Crippen MR) is 143 cm³/mol. The molecule has 0 bridgehead atoms. The van der Waals surface area contributed by atoms with Crippen LogP contribution in [0.3, 0.4) is 0 Å². The fourth-order valence-electron chi connectivity index (χ4n) is 4.51. The van der Waals surface area contributed by atoms with Gasteiger partial charge in [0.05, 0.1) is 11.7 Å². The summed E-state index contributed by atoms with van der Waals surface area (Å²) in [5.41, 5.74) is 3.76. The lowest BCUT2D eigenvalue weighted by Gasteiger charge is -2.34. The molecule has 1 saturated heterocycles. The summed E-state index contributed by atoms with van der Waals surface area (Å²) in [6.45, 7) is 6.40. The molecule has 7 nitrogen and oxygen atoms in total. The Kier molecular flexibility index (Phi) is 6.66. The summed E-state index contributed by atoms with van der Waals surface area (Å²) >= 11 is 1.52. The molecule has 8 heteroatoms. The predicted octanol–water partition coefficient (Wildman–Crippen LogP) is 4.21. The van der Waals surface area contributed by atoms with Crippen LogP contribution in [-0.4, -0.2) is 53.6 Å². The number of thiophene rings is 1. The molecule has 1 aliphatic rings. The van der Waals surface area contributed by atoms with E-state index in [1.54, 1.807) is 6.33 Å². The number of piperazine rings is 1. The maximum Gasteiger partial charge on any atom is 0.262 e. The summed E-state index contributed by atoms with van der Waals surface area (Å²) in [5.74, 6) is -0.130. The van der Waals surface area contributed by atoms with Gasteiger partial charge in [-0.3, -0.25) is 14.2 Å². The van der Waals surface area contributed by atoms with Gasteiger partial charge in [0.1, 0.15) is 4.83 Å². The molecule has 4 aromatic rings. The van der Waals surface area contributed by atoms with E-state index in [-0.39, 0.29) is 24.4 Å². The first kappa shape index (κ1) is 23.3. The third kappa shape index (κ3) is 4.99. The lowest BCUT2D eigenvalue weighted by atomic mass is 10.0. The molecule has 1 N–H and O–H groups in total. The van der Waals surface area contributed by atoms with E-state index in [0.717, 1.165) is 52.7 Å². The molecule has 5 rings (SSSR count). The zero-order chi connectivity index (χ0) is 24.4. The fraction of sp³-hybridized carbons (Fsp3) is 0.296. The SMILES string of the molecule is Cc1sc2ncn(CCC(=O)Nc3ccc(N4CCN(C)CC4)cc3)c(=O)c2c1-c1ccccc1. The summed E-state index contributed by atoms with van der Waals surface area (Å²) in [6, 6.07) is 17.9. The van der Waals surface area contributed by atoms with Crippen molar-refractivity contribution in [2.45, 2.75) is 19.9 Å². The Labute approximate surface area is 208 Å². The molecule has 0 atom stereocenters. The quantitative estimate of drug-likeness (QED) is 0.441. The molecule has 1 fully saturated rings. The highest BCUT2D eigenvalue weighted by Gasteiger charge is 2.17. The van der Waals surface area contributed by atoms with Crippen LogP contribution in [0, 0.1) is 6.92 Å². The Hall–Kier alpha value is -3.49. The minimum absolute atomic E-state index is 0.109. The molecule has 1 amide bonds. The Morgan fingerprint density at radius 2 is 1.74 bits per heavy atom. The number of carbonyl (C=O) groups is 1. The maximum absolute atomic E-state index is 13.3. The van der Waals surface area contributed by atoms with Crippen LogP contribution in [-0.2, 0) is 11.3 Å². The largest absolute Gasteiger partial charge is 0.369 e. The van der Waals surface area contributed by atoms with Crippen LogP contribution in [0.25, 0.3) is 21.3 Å². The van der Waals surface area contributed by atoms with Crippen molar-refractivity contribution < 1.29 is 4.79 Å². The topological polar surface area (TPSA) is 70.5 Å². The molecule has 0 radical (unpaired) electrons. The summed E-state index contributed by atoms with van der Waals surface area (Å²) in [6.07, 6.45) is 1.74. The van der Waals surface area contributed by atoms with E-state index in [0.29, 0.717) is 5.39 Å². The third-order valence-electron chi connectivity index (χ3n) is 6.52. The lowest BCUT2D eigenvalue weighted by Crippen LogP contribution is -2.44. The van der Waals surface area contributed by atoms with Crippen LogP contribution in [0.5, 0.6) is 0 Å². The first-order chi connectivity index (χ1) is 17.0. The van der Waals surface area contributed by atoms with Crippen LogP contribution < -0.4 is 15.8 Å². The van der Waals surface area contributed by atoms with Gasteiger partial charge < -0.3 is 15.1 Å². The molecular weight excluding hydrogens is 458 g/mol. The van der Waals surface area contributed by atoms with Gasteiger partial charge in [-0.1, -0.05) is 30.3 Å². The minimum Gasteiger partial charge on any atom is -0.369 e. The Morgan fingerprint density at radius 1 is 1.03 bits per heavy atom. The number of nitrogens with zero attached hydrogens (tertiary/aromatic N) is 4. The first-order valence-electron chi connectivity index (χ1n) is 11.9. The van der Waals surface area contributed by atoms with Crippen molar-refractivity contribution >= 4 is 38.8 Å². The molecule has 2 aromatic heterocycles. The van der Waals surface area contributed by atoms with E-state index in [1.165, 1.54) is 21.6 Å². The Morgan fingerprint density at radius 3 is 2.46 bits per heavy atom. The van der Waals surface area contributed by atoms with Crippen molar-refractivity contribution in [3.8, 4) is 11.1 Å². The van der Waals surface area contributed by atoms with Crippen molar-refractivity contribution in [1.82, 2.24) is 14.5 Å². The van der Waals surface area contributed by atoms with Gasteiger partial charge in [0.2, 0.25) is 5.91 Å². The van der Waals surface area contributed by atoms with Crippen LogP contribution in [0.4, 0.5) is 11.4 Å². The number of benzene rings is 2. The number of aryl methyl sites for hydroxylation is 2. The zero-order valence-corrected chi connectivity index (χ0v) is 20.8. The number of hydrogen-bond donors (Lipinski definition) is 1. The van der Waals surface area contributed by atoms with Gasteiger partial charge in [-0.15, -0.1) is 11.3 Å². The molecule has 1 aliphatic heterocycles. The molecule has 0 unspecified atom stereocenters. The molecule has 3 heterocycles. The average molecular weight is 488 g/mol. The van der Waals surface area contributed by atoms with E-state index in [2.05, 4.69) is 27.1 Å². The summed E-state index contributed by atoms with van der Waals surface area (Å²) < 4.78 is 1.54. The van der Waals surface area contributed by atoms with Gasteiger partial charge in [-0.05, 0) is 43.8 Å². The maximum atomic E-state index is 13.3. The van der Waals surface area contributed by atoms with E-state index in [4.69, 9.17) is 0 Å². The van der Waals surface area contributed by atoms with Gasteiger partial charge in [0.15, 0.2) is 0 Å². The van der Waals surface area contributed by atoms with Gasteiger partial charge in [-0.2, -0.15) is 0 Å². The van der Waals surface area contributed by atoms with Gasteiger partial charge in [0, 0.05) is 61.0 Å². The zero-order valence-electron chi connectivity index (χ0n) is 20.0. The Bertz CT molecular complexity index is 1390. The van der Waals surface area contributed by atoms with Crippen molar-refractivity contribution in [2.75, 3.05) is 43.4 Å². The van der Waals surface area contributed by atoms with E-state index in [9.17, 15) is 9.59 Å². The van der Waals surface area contributed by atoms with Gasteiger partial charge in [0.25, 0.3) is 5.56 Å². The molecule has 35 heavy (non-hydrogen) atoms. The average Bonchev–Trinajstić information content (AvgIpc) is 3.22. The molecule has 2 aromatic carbocycles. The molecule has 0 spiro atoms. The van der Waals surface area contributed by atoms with E-state index >= 15 is 0 Å². The Balaban J connectivity index is 1.26. The number of likely N-dealkylation sites (N-methyl/N-ethyl adjacent to an activating group) is 1. The summed E-state index contributed by atoms with van der Waals surface area (Å²) in [5, 5.41) is 3.57. The standard InChI is InChI=1S/C27H29N5O2S/c1-19-24(20-6-4-3-5-7-20)25-26(35-19)28-18-32(27(25)34)13-12-23(33)29-21-8-10-22(11-9-21)31-16-14-30(2)15-17-31/h3-11,18H,12-17H2,1-2H3,(H,29,33). The second kappa shape index (κ2) is 10.0. The van der Waals surface area contributed by atoms with Crippen molar-refractivity contribution in [3.05, 3.63) is 76.2 Å². The number of hydrogen-bond acceptors (Lipinski definition) is 6. The smallest absolute Gasteiger partial charge is 0.262 e. The monoisotopic (exact) mass is 487 g/mol. The van der Waals surface area contributed by atoms with E-state index < -0.39 is 0 Å². The highest BCUT2D eigenvalue weighted by atomic mass is 32.1. The second-order valence-corrected chi connectivity index (χ2v) is 10.2. The molecule has 180 valence electrons. The number of rotatable bonds is 6. The van der Waals surface area contributed by atoms with Gasteiger partial charge >= 0.3 is 0 Å². The molecule has 0 aliphatic carbocycles. The minimum atomic E-state index is -0.130. The van der Waals surface area contributed by atoms with Crippen LogP contribution in [0.1, 0.15) is 11.3 Å². The number of aromatic nitrogens is 2. The number of nitrogens with one attached hydrogen (secondary N) is 1. The lowest BCUT2D eigenvalue weighted by molar-refractivity contribution is -0.116. The fourth-order valence-corrected chi connectivity index (χ4v) is 5.52. The summed E-state index contributed by atoms with van der Waals surface area (Å²) in [7, 11) is 2.14. The van der Waals surface area contributed by atoms with Crippen molar-refractivity contribution in [2.24, 2.45) is 0 Å². The van der Waals surface area contributed by atoms with Crippen LogP contribution in [0.2, 0.25) is 0 Å². The highest BCUT2D eigenvalue weighted by Crippen LogP contribution is 2.35. The van der Waals surface area contributed by atoms with Gasteiger partial charge in [-0.25, -0.2) is 4.98 Å². The third-order valence-corrected chi connectivity index (χ3v) is 7.53. The normalized spacial score (nSPS) is 14.4. The van der Waals surface area contributed by atoms with Crippen molar-refractivity contribution in [1.29, 1.82) is 0 Å². The van der Waals surface area contributed by atoms with Crippen molar-refractivity contribution in [3.63, 3.8) is 0 Å². The first-order valence-corrected chi connectivity index (χ1v) is 12.7.